The molecule has 6 rings (SSSR count). The van der Waals surface area contributed by atoms with Crippen molar-refractivity contribution >= 4 is 5.97 Å². The third kappa shape index (κ3) is 5.80. The zero-order valence-electron chi connectivity index (χ0n) is 22.4. The summed E-state index contributed by atoms with van der Waals surface area (Å²) < 4.78 is 17.9. The van der Waals surface area contributed by atoms with Gasteiger partial charge in [-0.1, -0.05) is 67.6 Å². The van der Waals surface area contributed by atoms with E-state index in [0.29, 0.717) is 37.2 Å². The van der Waals surface area contributed by atoms with E-state index in [1.807, 2.05) is 72.9 Å². The van der Waals surface area contributed by atoms with Gasteiger partial charge in [0.05, 0.1) is 6.61 Å². The van der Waals surface area contributed by atoms with Crippen LogP contribution in [0.25, 0.3) is 0 Å². The molecular weight excluding hydrogens is 484 g/mol. The molecule has 2 bridgehead atoms. The average Bonchev–Trinajstić information content (AvgIpc) is 3.78. The van der Waals surface area contributed by atoms with Crippen molar-refractivity contribution in [1.82, 2.24) is 0 Å². The Hall–Kier alpha value is -3.79. The van der Waals surface area contributed by atoms with E-state index < -0.39 is 0 Å². The van der Waals surface area contributed by atoms with Crippen molar-refractivity contribution in [2.75, 3.05) is 6.61 Å². The molecule has 4 heteroatoms. The van der Waals surface area contributed by atoms with Crippen LogP contribution in [0.15, 0.2) is 109 Å². The molecule has 4 aliphatic carbocycles. The van der Waals surface area contributed by atoms with Crippen LogP contribution in [0, 0.1) is 17.8 Å². The Morgan fingerprint density at radius 3 is 1.74 bits per heavy atom. The molecule has 0 spiro atoms. The smallest absolute Gasteiger partial charge is 0.305 e. The molecule has 39 heavy (non-hydrogen) atoms. The maximum atomic E-state index is 12.9. The highest BCUT2D eigenvalue weighted by molar-refractivity contribution is 5.69. The summed E-state index contributed by atoms with van der Waals surface area (Å²) in [6, 6.07) is 16.5. The van der Waals surface area contributed by atoms with Gasteiger partial charge in [-0.05, 0) is 96.7 Å². The molecule has 0 aromatic heterocycles. The second-order valence-corrected chi connectivity index (χ2v) is 11.3. The predicted molar refractivity (Wildman–Crippen MR) is 154 cm³/mol. The highest BCUT2D eigenvalue weighted by Gasteiger charge is 2.36. The highest BCUT2D eigenvalue weighted by Crippen LogP contribution is 2.43. The summed E-state index contributed by atoms with van der Waals surface area (Å²) in [5.41, 5.74) is 1.88. The van der Waals surface area contributed by atoms with Crippen LogP contribution in [0.5, 0.6) is 11.5 Å². The van der Waals surface area contributed by atoms with Gasteiger partial charge in [0.15, 0.2) is 0 Å². The first kappa shape index (κ1) is 25.5. The number of hydrogen-bond donors (Lipinski definition) is 0. The molecular formula is C35H36O4. The molecule has 4 nitrogen and oxygen atoms in total. The number of carbonyl (C=O) groups is 1. The Morgan fingerprint density at radius 1 is 0.744 bits per heavy atom. The van der Waals surface area contributed by atoms with Crippen molar-refractivity contribution in [2.45, 2.75) is 50.2 Å². The predicted octanol–water partition coefficient (Wildman–Crippen LogP) is 7.28. The van der Waals surface area contributed by atoms with Gasteiger partial charge in [0.2, 0.25) is 0 Å². The molecule has 0 radical (unpaired) electrons. The number of carbonyl (C=O) groups excluding carboxylic acids is 1. The first-order chi connectivity index (χ1) is 19.0. The molecule has 3 unspecified atom stereocenters. The number of rotatable bonds is 11. The van der Waals surface area contributed by atoms with Crippen molar-refractivity contribution in [1.29, 1.82) is 0 Å². The van der Waals surface area contributed by atoms with Gasteiger partial charge in [-0.3, -0.25) is 4.79 Å². The number of fused-ring (bicyclic) bond motifs is 2. The van der Waals surface area contributed by atoms with Crippen LogP contribution < -0.4 is 9.47 Å². The molecule has 1 saturated carbocycles. The van der Waals surface area contributed by atoms with E-state index in [1.54, 1.807) is 0 Å². The molecule has 3 atom stereocenters. The average molecular weight is 521 g/mol. The Balaban J connectivity index is 1.16. The minimum Gasteiger partial charge on any atom is -0.482 e. The van der Waals surface area contributed by atoms with Crippen LogP contribution in [-0.4, -0.2) is 24.8 Å². The van der Waals surface area contributed by atoms with E-state index in [9.17, 15) is 4.79 Å². The minimum absolute atomic E-state index is 0.0281. The lowest BCUT2D eigenvalue weighted by atomic mass is 9.73. The number of allylic oxidation sites excluding steroid dienone is 6. The molecule has 0 aliphatic heterocycles. The molecule has 0 N–H and O–H groups in total. The maximum Gasteiger partial charge on any atom is 0.305 e. The van der Waals surface area contributed by atoms with Gasteiger partial charge >= 0.3 is 5.97 Å². The van der Waals surface area contributed by atoms with Crippen LogP contribution in [0.3, 0.4) is 0 Å². The van der Waals surface area contributed by atoms with Crippen LogP contribution in [0.4, 0.5) is 0 Å². The normalized spacial score (nSPS) is 23.3. The van der Waals surface area contributed by atoms with Gasteiger partial charge in [0.1, 0.15) is 23.7 Å². The largest absolute Gasteiger partial charge is 0.482 e. The quantitative estimate of drug-likeness (QED) is 0.231. The summed E-state index contributed by atoms with van der Waals surface area (Å²) in [5.74, 6) is 3.27. The fourth-order valence-electron chi connectivity index (χ4n) is 6.26. The summed E-state index contributed by atoms with van der Waals surface area (Å²) in [7, 11) is 0. The van der Waals surface area contributed by atoms with Crippen molar-refractivity contribution in [3.05, 3.63) is 120 Å². The van der Waals surface area contributed by atoms with Crippen LogP contribution in [0.1, 0.15) is 43.7 Å². The molecule has 0 saturated heterocycles. The lowest BCUT2D eigenvalue weighted by Gasteiger charge is -2.31. The zero-order chi connectivity index (χ0) is 26.7. The molecule has 2 aromatic carbocycles. The topological polar surface area (TPSA) is 44.8 Å². The van der Waals surface area contributed by atoms with E-state index in [-0.39, 0.29) is 23.6 Å². The third-order valence-corrected chi connectivity index (χ3v) is 8.66. The summed E-state index contributed by atoms with van der Waals surface area (Å²) in [6.07, 6.45) is 24.0. The maximum absolute atomic E-state index is 12.9. The summed E-state index contributed by atoms with van der Waals surface area (Å²) in [4.78, 5) is 12.9. The van der Waals surface area contributed by atoms with Gasteiger partial charge < -0.3 is 14.2 Å². The summed E-state index contributed by atoms with van der Waals surface area (Å²) >= 11 is 0. The number of esters is 1. The second kappa shape index (κ2) is 11.1. The molecule has 0 amide bonds. The summed E-state index contributed by atoms with van der Waals surface area (Å²) in [5, 5.41) is 0. The van der Waals surface area contributed by atoms with Gasteiger partial charge in [0, 0.05) is 11.8 Å². The molecule has 1 fully saturated rings. The summed E-state index contributed by atoms with van der Waals surface area (Å²) in [6.45, 7) is 2.74. The van der Waals surface area contributed by atoms with Crippen molar-refractivity contribution < 1.29 is 19.0 Å². The zero-order valence-corrected chi connectivity index (χ0v) is 22.4. The van der Waals surface area contributed by atoms with Gasteiger partial charge in [-0.15, -0.1) is 0 Å². The van der Waals surface area contributed by atoms with E-state index in [1.165, 1.54) is 6.42 Å². The van der Waals surface area contributed by atoms with Gasteiger partial charge in [0.25, 0.3) is 0 Å². The lowest BCUT2D eigenvalue weighted by molar-refractivity contribution is -0.145. The Bertz CT molecular complexity index is 1210. The monoisotopic (exact) mass is 520 g/mol. The first-order valence-corrected chi connectivity index (χ1v) is 14.1. The third-order valence-electron chi connectivity index (χ3n) is 8.66. The van der Waals surface area contributed by atoms with E-state index >= 15 is 0 Å². The minimum atomic E-state index is -0.383. The van der Waals surface area contributed by atoms with Crippen molar-refractivity contribution in [2.24, 2.45) is 17.8 Å². The number of ether oxygens (including phenoxy) is 3. The van der Waals surface area contributed by atoms with Gasteiger partial charge in [-0.25, -0.2) is 0 Å². The van der Waals surface area contributed by atoms with Crippen molar-refractivity contribution in [3.63, 3.8) is 0 Å². The van der Waals surface area contributed by atoms with Crippen LogP contribution in [0.2, 0.25) is 0 Å². The van der Waals surface area contributed by atoms with Gasteiger partial charge in [-0.2, -0.15) is 0 Å². The Labute approximate surface area is 231 Å². The molecule has 4 aliphatic rings. The highest BCUT2D eigenvalue weighted by atomic mass is 16.5. The standard InChI is InChI=1S/C35H36O4/c1-35(28-12-16-32(17-13-28)38-30-6-2-3-7-30,29-14-18-33(19-15-29)39-31-8-4-5-9-31)21-20-34(36)37-24-27-23-25-10-11-26(27)22-25/h2-19,25-27,30-31H,20-24H2,1H3. The number of hydrogen-bond acceptors (Lipinski definition) is 4. The lowest BCUT2D eigenvalue weighted by Crippen LogP contribution is -2.26. The Morgan fingerprint density at radius 2 is 1.28 bits per heavy atom. The van der Waals surface area contributed by atoms with Crippen LogP contribution in [-0.2, 0) is 14.9 Å². The van der Waals surface area contributed by atoms with E-state index in [4.69, 9.17) is 14.2 Å². The molecule has 200 valence electrons. The van der Waals surface area contributed by atoms with E-state index in [0.717, 1.165) is 29.0 Å². The number of benzene rings is 2. The Kier molecular flexibility index (Phi) is 7.28. The van der Waals surface area contributed by atoms with Crippen LogP contribution >= 0.6 is 0 Å². The second-order valence-electron chi connectivity index (χ2n) is 11.3. The van der Waals surface area contributed by atoms with Crippen molar-refractivity contribution in [3.8, 4) is 11.5 Å². The molecule has 2 aromatic rings. The first-order valence-electron chi connectivity index (χ1n) is 14.1. The fraction of sp³-hybridized carbons (Fsp3) is 0.343. The fourth-order valence-corrected chi connectivity index (χ4v) is 6.26. The van der Waals surface area contributed by atoms with E-state index in [2.05, 4.69) is 43.3 Å². The molecule has 0 heterocycles. The SMILES string of the molecule is CC(CCC(=O)OCC1CC2C=CC1C2)(c1ccc(OC2C=CC=C2)cc1)c1ccc(OC2C=CC=C2)cc1.